The molecule has 0 radical (unpaired) electrons. The molecule has 0 saturated carbocycles. The van der Waals surface area contributed by atoms with Crippen LogP contribution in [0.25, 0.3) is 6.08 Å². The van der Waals surface area contributed by atoms with Crippen LogP contribution in [0.2, 0.25) is 0 Å². The largest absolute Gasteiger partial charge is 0.508 e. The molecule has 0 aliphatic heterocycles. The van der Waals surface area contributed by atoms with Gasteiger partial charge >= 0.3 is 0 Å². The van der Waals surface area contributed by atoms with Crippen LogP contribution in [0, 0.1) is 6.92 Å². The smallest absolute Gasteiger partial charge is 0.257 e. The lowest BCUT2D eigenvalue weighted by molar-refractivity contribution is 0.102. The van der Waals surface area contributed by atoms with Gasteiger partial charge in [-0.15, -0.1) is 0 Å². The second-order valence-electron chi connectivity index (χ2n) is 5.91. The van der Waals surface area contributed by atoms with Crippen LogP contribution in [0.1, 0.15) is 31.3 Å². The van der Waals surface area contributed by atoms with Crippen molar-refractivity contribution in [1.29, 1.82) is 0 Å². The number of aromatic nitrogens is 1. The van der Waals surface area contributed by atoms with Crippen LogP contribution < -0.4 is 10.1 Å². The number of phenols is 1. The number of hydrogen-bond donors (Lipinski definition) is 2. The van der Waals surface area contributed by atoms with Crippen LogP contribution in [-0.2, 0) is 0 Å². The van der Waals surface area contributed by atoms with Gasteiger partial charge in [0.05, 0.1) is 17.7 Å². The van der Waals surface area contributed by atoms with Crippen molar-refractivity contribution in [3.05, 3.63) is 76.3 Å². The van der Waals surface area contributed by atoms with E-state index in [-0.39, 0.29) is 17.4 Å². The van der Waals surface area contributed by atoms with Crippen molar-refractivity contribution in [2.24, 2.45) is 0 Å². The summed E-state index contributed by atoms with van der Waals surface area (Å²) in [7, 11) is 1.56. The predicted octanol–water partition coefficient (Wildman–Crippen LogP) is 4.31. The SMILES string of the molecule is COc1ccc(C(=O)Nc2nc(C)c(C(=O)C=Cc3ccc(O)cc3)s2)cc1. The van der Waals surface area contributed by atoms with Gasteiger partial charge in [-0.25, -0.2) is 4.98 Å². The average Bonchev–Trinajstić information content (AvgIpc) is 3.07. The third kappa shape index (κ3) is 4.63. The topological polar surface area (TPSA) is 88.5 Å². The van der Waals surface area contributed by atoms with E-state index in [1.807, 2.05) is 0 Å². The number of carbonyl (C=O) groups excluding carboxylic acids is 2. The van der Waals surface area contributed by atoms with Crippen molar-refractivity contribution < 1.29 is 19.4 Å². The molecule has 0 unspecified atom stereocenters. The molecular formula is C21H18N2O4S. The van der Waals surface area contributed by atoms with E-state index in [2.05, 4.69) is 10.3 Å². The average molecular weight is 394 g/mol. The van der Waals surface area contributed by atoms with Crippen molar-refractivity contribution in [3.63, 3.8) is 0 Å². The number of phenolic OH excluding ortho intramolecular Hbond substituents is 1. The molecular weight excluding hydrogens is 376 g/mol. The molecule has 3 aromatic rings. The summed E-state index contributed by atoms with van der Waals surface area (Å²) in [6, 6.07) is 13.2. The van der Waals surface area contributed by atoms with Gasteiger partial charge in [0.25, 0.3) is 5.91 Å². The Hall–Kier alpha value is -3.45. The molecule has 0 aliphatic rings. The van der Waals surface area contributed by atoms with Crippen LogP contribution >= 0.6 is 11.3 Å². The number of hydrogen-bond acceptors (Lipinski definition) is 6. The second kappa shape index (κ2) is 8.49. The Balaban J connectivity index is 1.70. The molecule has 6 nitrogen and oxygen atoms in total. The number of thiazole rings is 1. The molecule has 0 spiro atoms. The molecule has 0 fully saturated rings. The zero-order valence-electron chi connectivity index (χ0n) is 15.3. The molecule has 28 heavy (non-hydrogen) atoms. The van der Waals surface area contributed by atoms with Gasteiger partial charge in [0.15, 0.2) is 10.9 Å². The first-order valence-electron chi connectivity index (χ1n) is 8.40. The second-order valence-corrected chi connectivity index (χ2v) is 6.90. The Morgan fingerprint density at radius 2 is 1.79 bits per heavy atom. The van der Waals surface area contributed by atoms with E-state index in [1.54, 1.807) is 68.6 Å². The summed E-state index contributed by atoms with van der Waals surface area (Å²) in [4.78, 5) is 29.5. The van der Waals surface area contributed by atoms with Gasteiger partial charge in [-0.05, 0) is 55.0 Å². The normalized spacial score (nSPS) is 10.8. The van der Waals surface area contributed by atoms with Gasteiger partial charge in [-0.3, -0.25) is 14.9 Å². The minimum Gasteiger partial charge on any atom is -0.508 e. The third-order valence-corrected chi connectivity index (χ3v) is 5.00. The quantitative estimate of drug-likeness (QED) is 0.480. The van der Waals surface area contributed by atoms with Crippen LogP contribution in [-0.4, -0.2) is 28.9 Å². The monoisotopic (exact) mass is 394 g/mol. The molecule has 0 saturated heterocycles. The van der Waals surface area contributed by atoms with Crippen molar-refractivity contribution in [2.75, 3.05) is 12.4 Å². The highest BCUT2D eigenvalue weighted by Crippen LogP contribution is 2.24. The lowest BCUT2D eigenvalue weighted by Gasteiger charge is -2.03. The Morgan fingerprint density at radius 1 is 1.11 bits per heavy atom. The number of amides is 1. The van der Waals surface area contributed by atoms with Gasteiger partial charge in [0.1, 0.15) is 11.5 Å². The zero-order valence-corrected chi connectivity index (χ0v) is 16.1. The van der Waals surface area contributed by atoms with E-state index in [0.29, 0.717) is 27.0 Å². The summed E-state index contributed by atoms with van der Waals surface area (Å²) < 4.78 is 5.08. The number of aromatic hydroxyl groups is 1. The maximum absolute atomic E-state index is 12.5. The summed E-state index contributed by atoms with van der Waals surface area (Å²) in [5, 5.41) is 12.4. The number of aryl methyl sites for hydroxylation is 1. The van der Waals surface area contributed by atoms with E-state index >= 15 is 0 Å². The molecule has 1 heterocycles. The summed E-state index contributed by atoms with van der Waals surface area (Å²) in [5.41, 5.74) is 1.81. The maximum Gasteiger partial charge on any atom is 0.257 e. The molecule has 0 bridgehead atoms. The van der Waals surface area contributed by atoms with Crippen LogP contribution in [0.15, 0.2) is 54.6 Å². The Bertz CT molecular complexity index is 1020. The van der Waals surface area contributed by atoms with Gasteiger partial charge < -0.3 is 9.84 Å². The minimum atomic E-state index is -0.310. The minimum absolute atomic E-state index is 0.166. The molecule has 1 amide bonds. The zero-order chi connectivity index (χ0) is 20.1. The standard InChI is InChI=1S/C21H18N2O4S/c1-13-19(18(25)12-5-14-3-8-16(24)9-4-14)28-21(22-13)23-20(26)15-6-10-17(27-2)11-7-15/h3-12,24H,1-2H3,(H,22,23,26). The first-order chi connectivity index (χ1) is 13.5. The molecule has 2 N–H and O–H groups in total. The first kappa shape index (κ1) is 19.3. The number of methoxy groups -OCH3 is 1. The predicted molar refractivity (Wildman–Crippen MR) is 109 cm³/mol. The highest BCUT2D eigenvalue weighted by atomic mass is 32.1. The number of nitrogens with one attached hydrogen (secondary N) is 1. The number of benzene rings is 2. The lowest BCUT2D eigenvalue weighted by Crippen LogP contribution is -2.11. The van der Waals surface area contributed by atoms with E-state index < -0.39 is 0 Å². The highest BCUT2D eigenvalue weighted by molar-refractivity contribution is 7.18. The fourth-order valence-electron chi connectivity index (χ4n) is 2.42. The van der Waals surface area contributed by atoms with Crippen molar-refractivity contribution in [2.45, 2.75) is 6.92 Å². The molecule has 7 heteroatoms. The van der Waals surface area contributed by atoms with Gasteiger partial charge in [0, 0.05) is 5.56 Å². The van der Waals surface area contributed by atoms with Crippen molar-refractivity contribution in [1.82, 2.24) is 4.98 Å². The number of anilines is 1. The number of allylic oxidation sites excluding steroid dienone is 1. The lowest BCUT2D eigenvalue weighted by atomic mass is 10.1. The van der Waals surface area contributed by atoms with Gasteiger partial charge in [-0.1, -0.05) is 29.5 Å². The summed E-state index contributed by atoms with van der Waals surface area (Å²) >= 11 is 1.13. The van der Waals surface area contributed by atoms with E-state index in [1.165, 1.54) is 6.08 Å². The third-order valence-electron chi connectivity index (χ3n) is 3.91. The van der Waals surface area contributed by atoms with Crippen LogP contribution in [0.4, 0.5) is 5.13 Å². The molecule has 2 aromatic carbocycles. The van der Waals surface area contributed by atoms with Crippen LogP contribution in [0.5, 0.6) is 11.5 Å². The number of ether oxygens (including phenoxy) is 1. The summed E-state index contributed by atoms with van der Waals surface area (Å²) in [6.07, 6.45) is 3.11. The Labute approximate surface area is 166 Å². The fraction of sp³-hybridized carbons (Fsp3) is 0.0952. The van der Waals surface area contributed by atoms with Gasteiger partial charge in [0.2, 0.25) is 0 Å². The maximum atomic E-state index is 12.5. The number of rotatable bonds is 6. The molecule has 1 aromatic heterocycles. The molecule has 0 atom stereocenters. The number of nitrogens with zero attached hydrogens (tertiary/aromatic N) is 1. The fourth-order valence-corrected chi connectivity index (χ4v) is 3.30. The van der Waals surface area contributed by atoms with E-state index in [9.17, 15) is 14.7 Å². The van der Waals surface area contributed by atoms with E-state index in [0.717, 1.165) is 16.9 Å². The van der Waals surface area contributed by atoms with Crippen LogP contribution in [0.3, 0.4) is 0 Å². The first-order valence-corrected chi connectivity index (χ1v) is 9.22. The molecule has 142 valence electrons. The summed E-state index contributed by atoms with van der Waals surface area (Å²) in [5.74, 6) is 0.317. The van der Waals surface area contributed by atoms with Crippen molar-refractivity contribution >= 4 is 34.2 Å². The Morgan fingerprint density at radius 3 is 2.43 bits per heavy atom. The highest BCUT2D eigenvalue weighted by Gasteiger charge is 2.15. The molecule has 0 aliphatic carbocycles. The van der Waals surface area contributed by atoms with E-state index in [4.69, 9.17) is 4.74 Å². The van der Waals surface area contributed by atoms with Crippen molar-refractivity contribution in [3.8, 4) is 11.5 Å². The van der Waals surface area contributed by atoms with Gasteiger partial charge in [-0.2, -0.15) is 0 Å². The summed E-state index contributed by atoms with van der Waals surface area (Å²) in [6.45, 7) is 1.72. The number of carbonyl (C=O) groups is 2. The number of ketones is 1. The molecule has 3 rings (SSSR count). The Kier molecular flexibility index (Phi) is 5.86.